The van der Waals surface area contributed by atoms with Gasteiger partial charge in [0.05, 0.1) is 5.56 Å². The molecule has 0 spiro atoms. The Labute approximate surface area is 119 Å². The molecular formula is C15H12BrFO2. The van der Waals surface area contributed by atoms with Gasteiger partial charge in [0.2, 0.25) is 0 Å². The van der Waals surface area contributed by atoms with Crippen molar-refractivity contribution in [1.29, 1.82) is 0 Å². The maximum atomic E-state index is 13.3. The van der Waals surface area contributed by atoms with Crippen LogP contribution in [0.15, 0.2) is 34.8 Å². The van der Waals surface area contributed by atoms with E-state index < -0.39 is 5.97 Å². The molecule has 0 fully saturated rings. The first-order chi connectivity index (χ1) is 8.90. The Morgan fingerprint density at radius 3 is 2.26 bits per heavy atom. The Morgan fingerprint density at radius 2 is 1.74 bits per heavy atom. The van der Waals surface area contributed by atoms with Gasteiger partial charge in [0.15, 0.2) is 0 Å². The fourth-order valence-electron chi connectivity index (χ4n) is 2.21. The molecule has 0 unspecified atom stereocenters. The first kappa shape index (κ1) is 13.7. The molecule has 0 radical (unpaired) electrons. The molecule has 0 aliphatic heterocycles. The minimum atomic E-state index is -0.994. The highest BCUT2D eigenvalue weighted by Crippen LogP contribution is 2.31. The lowest BCUT2D eigenvalue weighted by Gasteiger charge is -2.12. The van der Waals surface area contributed by atoms with E-state index >= 15 is 0 Å². The van der Waals surface area contributed by atoms with Gasteiger partial charge in [-0.1, -0.05) is 6.07 Å². The average molecular weight is 323 g/mol. The molecule has 2 nitrogen and oxygen atoms in total. The molecule has 2 aromatic carbocycles. The molecule has 19 heavy (non-hydrogen) atoms. The summed E-state index contributed by atoms with van der Waals surface area (Å²) in [5.41, 5.74) is 3.42. The number of benzene rings is 2. The number of aryl methyl sites for hydroxylation is 2. The van der Waals surface area contributed by atoms with Gasteiger partial charge in [-0.3, -0.25) is 0 Å². The largest absolute Gasteiger partial charge is 0.478 e. The van der Waals surface area contributed by atoms with E-state index in [0.717, 1.165) is 22.3 Å². The van der Waals surface area contributed by atoms with Crippen molar-refractivity contribution in [1.82, 2.24) is 0 Å². The Bertz CT molecular complexity index is 642. The summed E-state index contributed by atoms with van der Waals surface area (Å²) < 4.78 is 13.8. The lowest BCUT2D eigenvalue weighted by molar-refractivity contribution is 0.0696. The van der Waals surface area contributed by atoms with E-state index in [-0.39, 0.29) is 11.4 Å². The molecule has 0 saturated heterocycles. The van der Waals surface area contributed by atoms with Crippen molar-refractivity contribution in [2.45, 2.75) is 13.8 Å². The summed E-state index contributed by atoms with van der Waals surface area (Å²) in [5, 5.41) is 9.13. The third-order valence-electron chi connectivity index (χ3n) is 2.98. The van der Waals surface area contributed by atoms with Crippen LogP contribution in [-0.2, 0) is 0 Å². The first-order valence-corrected chi connectivity index (χ1v) is 6.49. The highest BCUT2D eigenvalue weighted by atomic mass is 79.9. The van der Waals surface area contributed by atoms with Gasteiger partial charge in [0.1, 0.15) is 5.82 Å². The number of rotatable bonds is 2. The Morgan fingerprint density at radius 1 is 1.16 bits per heavy atom. The average Bonchev–Trinajstić information content (AvgIpc) is 2.29. The van der Waals surface area contributed by atoms with E-state index in [4.69, 9.17) is 5.11 Å². The minimum absolute atomic E-state index is 0.195. The smallest absolute Gasteiger partial charge is 0.336 e. The number of hydrogen-bond donors (Lipinski definition) is 1. The van der Waals surface area contributed by atoms with Crippen LogP contribution in [-0.4, -0.2) is 11.1 Å². The molecule has 2 aromatic rings. The van der Waals surface area contributed by atoms with Gasteiger partial charge in [0, 0.05) is 4.47 Å². The predicted molar refractivity (Wildman–Crippen MR) is 76.0 cm³/mol. The van der Waals surface area contributed by atoms with Crippen LogP contribution in [0.3, 0.4) is 0 Å². The zero-order valence-electron chi connectivity index (χ0n) is 10.5. The van der Waals surface area contributed by atoms with Crippen LogP contribution in [0.2, 0.25) is 0 Å². The second-order valence-electron chi connectivity index (χ2n) is 4.41. The van der Waals surface area contributed by atoms with E-state index in [1.807, 2.05) is 19.9 Å². The summed E-state index contributed by atoms with van der Waals surface area (Å²) in [6, 6.07) is 8.01. The number of aromatic carboxylic acids is 1. The normalized spacial score (nSPS) is 10.5. The zero-order valence-corrected chi connectivity index (χ0v) is 12.1. The van der Waals surface area contributed by atoms with Crippen LogP contribution in [0, 0.1) is 19.7 Å². The Balaban J connectivity index is 2.66. The lowest BCUT2D eigenvalue weighted by Crippen LogP contribution is -1.99. The number of carboxylic acids is 1. The van der Waals surface area contributed by atoms with Crippen molar-refractivity contribution in [3.05, 3.63) is 57.3 Å². The van der Waals surface area contributed by atoms with Gasteiger partial charge in [-0.05, 0) is 76.3 Å². The molecule has 98 valence electrons. The predicted octanol–water partition coefficient (Wildman–Crippen LogP) is 4.57. The van der Waals surface area contributed by atoms with Gasteiger partial charge in [-0.25, -0.2) is 9.18 Å². The summed E-state index contributed by atoms with van der Waals surface area (Å²) in [5.74, 6) is -1.28. The summed E-state index contributed by atoms with van der Waals surface area (Å²) in [4.78, 5) is 11.1. The highest BCUT2D eigenvalue weighted by molar-refractivity contribution is 9.10. The third-order valence-corrected chi connectivity index (χ3v) is 3.67. The molecule has 0 bridgehead atoms. The summed E-state index contributed by atoms with van der Waals surface area (Å²) in [6.07, 6.45) is 0. The van der Waals surface area contributed by atoms with E-state index in [9.17, 15) is 9.18 Å². The van der Waals surface area contributed by atoms with Crippen LogP contribution in [0.1, 0.15) is 21.5 Å². The Kier molecular flexibility index (Phi) is 3.71. The SMILES string of the molecule is Cc1cc(F)cc(C)c1-c1ccc(Br)c(C(=O)O)c1. The molecule has 0 heterocycles. The van der Waals surface area contributed by atoms with Gasteiger partial charge in [-0.2, -0.15) is 0 Å². The van der Waals surface area contributed by atoms with Crippen LogP contribution in [0.25, 0.3) is 11.1 Å². The number of hydrogen-bond acceptors (Lipinski definition) is 1. The molecule has 0 aliphatic rings. The number of carbonyl (C=O) groups is 1. The fraction of sp³-hybridized carbons (Fsp3) is 0.133. The van der Waals surface area contributed by atoms with Crippen LogP contribution < -0.4 is 0 Å². The first-order valence-electron chi connectivity index (χ1n) is 5.70. The summed E-state index contributed by atoms with van der Waals surface area (Å²) >= 11 is 3.21. The molecule has 2 rings (SSSR count). The van der Waals surface area contributed by atoms with Crippen molar-refractivity contribution in [3.8, 4) is 11.1 Å². The van der Waals surface area contributed by atoms with Crippen LogP contribution in [0.5, 0.6) is 0 Å². The molecule has 0 aliphatic carbocycles. The van der Waals surface area contributed by atoms with Crippen LogP contribution >= 0.6 is 15.9 Å². The highest BCUT2D eigenvalue weighted by Gasteiger charge is 2.13. The van der Waals surface area contributed by atoms with Crippen molar-refractivity contribution < 1.29 is 14.3 Å². The minimum Gasteiger partial charge on any atom is -0.478 e. The van der Waals surface area contributed by atoms with Crippen molar-refractivity contribution >= 4 is 21.9 Å². The summed E-state index contributed by atoms with van der Waals surface area (Å²) in [7, 11) is 0. The van der Waals surface area contributed by atoms with Gasteiger partial charge >= 0.3 is 5.97 Å². The quantitative estimate of drug-likeness (QED) is 0.879. The monoisotopic (exact) mass is 322 g/mol. The molecule has 0 atom stereocenters. The number of carboxylic acid groups (broad SMARTS) is 1. The lowest BCUT2D eigenvalue weighted by atomic mass is 9.94. The standard InChI is InChI=1S/C15H12BrFO2/c1-8-5-11(17)6-9(2)14(8)10-3-4-13(16)12(7-10)15(18)19/h3-7H,1-2H3,(H,18,19). The van der Waals surface area contributed by atoms with E-state index in [2.05, 4.69) is 15.9 Å². The molecule has 0 saturated carbocycles. The van der Waals surface area contributed by atoms with E-state index in [1.165, 1.54) is 12.1 Å². The van der Waals surface area contributed by atoms with E-state index in [0.29, 0.717) is 4.47 Å². The van der Waals surface area contributed by atoms with Crippen molar-refractivity contribution in [2.24, 2.45) is 0 Å². The molecule has 4 heteroatoms. The third kappa shape index (κ3) is 2.68. The zero-order chi connectivity index (χ0) is 14.2. The van der Waals surface area contributed by atoms with Crippen molar-refractivity contribution in [2.75, 3.05) is 0 Å². The van der Waals surface area contributed by atoms with Crippen LogP contribution in [0.4, 0.5) is 4.39 Å². The topological polar surface area (TPSA) is 37.3 Å². The van der Waals surface area contributed by atoms with Gasteiger partial charge < -0.3 is 5.11 Å². The maximum Gasteiger partial charge on any atom is 0.336 e. The molecule has 0 amide bonds. The second kappa shape index (κ2) is 5.13. The molecule has 0 aromatic heterocycles. The fourth-order valence-corrected chi connectivity index (χ4v) is 2.63. The number of halogens is 2. The van der Waals surface area contributed by atoms with Gasteiger partial charge in [-0.15, -0.1) is 0 Å². The van der Waals surface area contributed by atoms with Crippen molar-refractivity contribution in [3.63, 3.8) is 0 Å². The Hall–Kier alpha value is -1.68. The maximum absolute atomic E-state index is 13.3. The van der Waals surface area contributed by atoms with Gasteiger partial charge in [0.25, 0.3) is 0 Å². The van der Waals surface area contributed by atoms with E-state index in [1.54, 1.807) is 12.1 Å². The second-order valence-corrected chi connectivity index (χ2v) is 5.27. The molecular weight excluding hydrogens is 311 g/mol. The summed E-state index contributed by atoms with van der Waals surface area (Å²) in [6.45, 7) is 3.63. The molecule has 1 N–H and O–H groups in total.